The first-order valence-electron chi connectivity index (χ1n) is 9.10. The number of amides is 1. The molecule has 1 saturated carbocycles. The first-order valence-corrected chi connectivity index (χ1v) is 9.10. The van der Waals surface area contributed by atoms with Gasteiger partial charge in [-0.25, -0.2) is 9.97 Å². The molecule has 1 fully saturated rings. The molecule has 2 aromatic heterocycles. The number of anilines is 1. The average Bonchev–Trinajstić information content (AvgIpc) is 3.40. The van der Waals surface area contributed by atoms with Crippen LogP contribution >= 0.6 is 0 Å². The van der Waals surface area contributed by atoms with Crippen LogP contribution in [0.4, 0.5) is 5.95 Å². The van der Waals surface area contributed by atoms with Gasteiger partial charge < -0.3 is 10.6 Å². The van der Waals surface area contributed by atoms with E-state index in [1.807, 2.05) is 35.2 Å². The molecular weight excluding hydrogens is 338 g/mol. The minimum absolute atomic E-state index is 0.0638. The topological polar surface area (TPSA) is 85.0 Å². The number of aromatic nitrogens is 3. The van der Waals surface area contributed by atoms with Crippen molar-refractivity contribution >= 4 is 11.9 Å². The Labute approximate surface area is 157 Å². The Balaban J connectivity index is 1.39. The van der Waals surface area contributed by atoms with Gasteiger partial charge in [0.1, 0.15) is 0 Å². The van der Waals surface area contributed by atoms with Gasteiger partial charge in [-0.2, -0.15) is 0 Å². The molecule has 0 unspecified atom stereocenters. The normalized spacial score (nSPS) is 20.4. The van der Waals surface area contributed by atoms with Gasteiger partial charge in [0, 0.05) is 29.4 Å². The van der Waals surface area contributed by atoms with E-state index in [0.29, 0.717) is 19.0 Å². The summed E-state index contributed by atoms with van der Waals surface area (Å²) in [5, 5.41) is 0. The number of nitrogen functional groups attached to an aromatic ring is 1. The molecule has 6 nitrogen and oxygen atoms in total. The highest BCUT2D eigenvalue weighted by molar-refractivity contribution is 5.84. The first-order chi connectivity index (χ1) is 13.2. The molecule has 0 saturated heterocycles. The maximum atomic E-state index is 13.0. The summed E-state index contributed by atoms with van der Waals surface area (Å²) in [7, 11) is 0. The molecule has 134 valence electrons. The first kappa shape index (κ1) is 15.9. The zero-order valence-corrected chi connectivity index (χ0v) is 14.7. The monoisotopic (exact) mass is 357 g/mol. The van der Waals surface area contributed by atoms with Crippen LogP contribution in [0, 0.1) is 5.92 Å². The predicted octanol–water partition coefficient (Wildman–Crippen LogP) is 2.77. The summed E-state index contributed by atoms with van der Waals surface area (Å²) in [6, 6.07) is 14.1. The van der Waals surface area contributed by atoms with Crippen molar-refractivity contribution in [3.63, 3.8) is 0 Å². The van der Waals surface area contributed by atoms with Crippen molar-refractivity contribution in [1.82, 2.24) is 19.9 Å². The van der Waals surface area contributed by atoms with Crippen LogP contribution in [0.5, 0.6) is 0 Å². The lowest BCUT2D eigenvalue weighted by Gasteiger charge is -2.15. The van der Waals surface area contributed by atoms with E-state index in [1.54, 1.807) is 12.4 Å². The van der Waals surface area contributed by atoms with E-state index in [9.17, 15) is 4.79 Å². The molecule has 1 aliphatic carbocycles. The molecule has 5 rings (SSSR count). The molecule has 1 amide bonds. The molecule has 27 heavy (non-hydrogen) atoms. The van der Waals surface area contributed by atoms with Crippen LogP contribution in [0.25, 0.3) is 11.3 Å². The Kier molecular flexibility index (Phi) is 3.63. The lowest BCUT2D eigenvalue weighted by molar-refractivity contribution is -0.133. The quantitative estimate of drug-likeness (QED) is 0.779. The fourth-order valence-electron chi connectivity index (χ4n) is 3.94. The zero-order chi connectivity index (χ0) is 18.4. The highest BCUT2D eigenvalue weighted by atomic mass is 16.2. The summed E-state index contributed by atoms with van der Waals surface area (Å²) in [5.41, 5.74) is 10.6. The summed E-state index contributed by atoms with van der Waals surface area (Å²) in [6.45, 7) is 1.02. The van der Waals surface area contributed by atoms with Crippen LogP contribution in [0.15, 0.2) is 54.9 Å². The van der Waals surface area contributed by atoms with E-state index in [-0.39, 0.29) is 17.8 Å². The summed E-state index contributed by atoms with van der Waals surface area (Å²) >= 11 is 0. The molecule has 3 heterocycles. The molecule has 2 aliphatic rings. The minimum atomic E-state index is 0.0638. The molecule has 3 aromatic rings. The molecule has 2 atom stereocenters. The van der Waals surface area contributed by atoms with Crippen molar-refractivity contribution < 1.29 is 4.79 Å². The fourth-order valence-corrected chi connectivity index (χ4v) is 3.94. The molecule has 0 spiro atoms. The second kappa shape index (κ2) is 6.16. The molecule has 1 aromatic carbocycles. The highest BCUT2D eigenvalue weighted by Gasteiger charge is 2.46. The number of rotatable bonds is 3. The Bertz CT molecular complexity index is 1010. The van der Waals surface area contributed by atoms with Crippen molar-refractivity contribution in [3.05, 3.63) is 71.7 Å². The lowest BCUT2D eigenvalue weighted by atomic mass is 10.1. The Morgan fingerprint density at radius 3 is 2.70 bits per heavy atom. The van der Waals surface area contributed by atoms with Crippen LogP contribution in [0.1, 0.15) is 29.2 Å². The molecular formula is C21H19N5O. The Morgan fingerprint density at radius 1 is 1.07 bits per heavy atom. The summed E-state index contributed by atoms with van der Waals surface area (Å²) in [4.78, 5) is 27.9. The van der Waals surface area contributed by atoms with E-state index in [4.69, 9.17) is 5.73 Å². The van der Waals surface area contributed by atoms with Gasteiger partial charge in [-0.1, -0.05) is 30.3 Å². The second-order valence-corrected chi connectivity index (χ2v) is 7.15. The number of nitrogens with two attached hydrogens (primary N) is 1. The number of benzene rings is 1. The number of nitrogens with zero attached hydrogens (tertiary/aromatic N) is 4. The maximum absolute atomic E-state index is 13.0. The largest absolute Gasteiger partial charge is 0.368 e. The number of hydrogen-bond acceptors (Lipinski definition) is 5. The average molecular weight is 357 g/mol. The Hall–Kier alpha value is -3.28. The third-order valence-corrected chi connectivity index (χ3v) is 5.38. The zero-order valence-electron chi connectivity index (χ0n) is 14.7. The van der Waals surface area contributed by atoms with Crippen molar-refractivity contribution in [2.24, 2.45) is 5.92 Å². The number of hydrogen-bond donors (Lipinski definition) is 1. The Morgan fingerprint density at radius 2 is 1.93 bits per heavy atom. The van der Waals surface area contributed by atoms with Gasteiger partial charge in [0.2, 0.25) is 11.9 Å². The van der Waals surface area contributed by atoms with Crippen LogP contribution in [0.2, 0.25) is 0 Å². The van der Waals surface area contributed by atoms with E-state index >= 15 is 0 Å². The van der Waals surface area contributed by atoms with Crippen LogP contribution in [-0.4, -0.2) is 25.8 Å². The SMILES string of the molecule is Nc1nc2c(c(-c3cccnc3)n1)CN(C(=O)[C@@H]1C[C@H]1c1ccccc1)C2. The van der Waals surface area contributed by atoms with E-state index in [2.05, 4.69) is 27.1 Å². The summed E-state index contributed by atoms with van der Waals surface area (Å²) in [6.07, 6.45) is 4.40. The van der Waals surface area contributed by atoms with Gasteiger partial charge in [0.05, 0.1) is 24.5 Å². The second-order valence-electron chi connectivity index (χ2n) is 7.15. The van der Waals surface area contributed by atoms with Gasteiger partial charge in [0.15, 0.2) is 0 Å². The van der Waals surface area contributed by atoms with Crippen LogP contribution in [0.3, 0.4) is 0 Å². The van der Waals surface area contributed by atoms with Crippen LogP contribution < -0.4 is 5.73 Å². The molecule has 1 aliphatic heterocycles. The number of carbonyl (C=O) groups excluding carboxylic acids is 1. The molecule has 2 N–H and O–H groups in total. The number of fused-ring (bicyclic) bond motifs is 1. The smallest absolute Gasteiger partial charge is 0.226 e. The number of pyridine rings is 1. The van der Waals surface area contributed by atoms with Gasteiger partial charge in [-0.05, 0) is 30.0 Å². The van der Waals surface area contributed by atoms with Gasteiger partial charge in [-0.3, -0.25) is 9.78 Å². The minimum Gasteiger partial charge on any atom is -0.368 e. The van der Waals surface area contributed by atoms with E-state index < -0.39 is 0 Å². The van der Waals surface area contributed by atoms with E-state index in [0.717, 1.165) is 28.9 Å². The fraction of sp³-hybridized carbons (Fsp3) is 0.238. The number of carbonyl (C=O) groups is 1. The van der Waals surface area contributed by atoms with E-state index in [1.165, 1.54) is 5.56 Å². The summed E-state index contributed by atoms with van der Waals surface area (Å²) < 4.78 is 0. The van der Waals surface area contributed by atoms with Gasteiger partial charge in [-0.15, -0.1) is 0 Å². The van der Waals surface area contributed by atoms with Crippen molar-refractivity contribution in [2.45, 2.75) is 25.4 Å². The summed E-state index contributed by atoms with van der Waals surface area (Å²) in [5.74, 6) is 0.818. The molecule has 0 bridgehead atoms. The highest BCUT2D eigenvalue weighted by Crippen LogP contribution is 2.49. The third kappa shape index (κ3) is 2.83. The van der Waals surface area contributed by atoms with Gasteiger partial charge >= 0.3 is 0 Å². The van der Waals surface area contributed by atoms with Crippen molar-refractivity contribution in [3.8, 4) is 11.3 Å². The van der Waals surface area contributed by atoms with Crippen LogP contribution in [-0.2, 0) is 17.9 Å². The predicted molar refractivity (Wildman–Crippen MR) is 101 cm³/mol. The van der Waals surface area contributed by atoms with Crippen molar-refractivity contribution in [2.75, 3.05) is 5.73 Å². The van der Waals surface area contributed by atoms with Gasteiger partial charge in [0.25, 0.3) is 0 Å². The standard InChI is InChI=1S/C21H19N5O/c22-21-24-18-12-26(11-17(18)19(25-21)14-7-4-8-23-10-14)20(27)16-9-15(16)13-5-2-1-3-6-13/h1-8,10,15-16H,9,11-12H2,(H2,22,24,25)/t15-,16+/m0/s1. The van der Waals surface area contributed by atoms with Crippen molar-refractivity contribution in [1.29, 1.82) is 0 Å². The maximum Gasteiger partial charge on any atom is 0.226 e. The molecule has 6 heteroatoms. The lowest BCUT2D eigenvalue weighted by Crippen LogP contribution is -2.27. The molecule has 0 radical (unpaired) electrons. The third-order valence-electron chi connectivity index (χ3n) is 5.38.